The van der Waals surface area contributed by atoms with Crippen LogP contribution < -0.4 is 0 Å². The van der Waals surface area contributed by atoms with Gasteiger partial charge in [-0.25, -0.2) is 4.79 Å². The highest BCUT2D eigenvalue weighted by atomic mass is 16.5. The largest absolute Gasteiger partial charge is 0.478 e. The summed E-state index contributed by atoms with van der Waals surface area (Å²) in [4.78, 5) is 12.6. The molecule has 1 fully saturated rings. The maximum atomic E-state index is 10.5. The second-order valence-electron chi connectivity index (χ2n) is 4.61. The monoisotopic (exact) mass is 227 g/mol. The van der Waals surface area contributed by atoms with Crippen LogP contribution in [0.15, 0.2) is 11.6 Å². The fraction of sp³-hybridized carbons (Fsp3) is 0.750. The van der Waals surface area contributed by atoms with Gasteiger partial charge in [0.2, 0.25) is 0 Å². The average molecular weight is 227 g/mol. The van der Waals surface area contributed by atoms with E-state index in [0.717, 1.165) is 31.8 Å². The SMILES string of the molecule is CC(=CC(=O)O)CN(C)CC1CCCOC1. The number of carboxylic acid groups (broad SMARTS) is 1. The summed E-state index contributed by atoms with van der Waals surface area (Å²) in [6.45, 7) is 5.26. The highest BCUT2D eigenvalue weighted by Crippen LogP contribution is 2.14. The van der Waals surface area contributed by atoms with Crippen LogP contribution >= 0.6 is 0 Å². The minimum absolute atomic E-state index is 0.594. The molecule has 1 heterocycles. The van der Waals surface area contributed by atoms with Gasteiger partial charge in [-0.2, -0.15) is 0 Å². The molecular formula is C12H21NO3. The van der Waals surface area contributed by atoms with E-state index in [2.05, 4.69) is 4.90 Å². The average Bonchev–Trinajstić information content (AvgIpc) is 2.17. The second kappa shape index (κ2) is 6.66. The molecule has 0 bridgehead atoms. The highest BCUT2D eigenvalue weighted by molar-refractivity contribution is 5.80. The first kappa shape index (κ1) is 13.2. The van der Waals surface area contributed by atoms with E-state index in [9.17, 15) is 4.79 Å². The van der Waals surface area contributed by atoms with Crippen molar-refractivity contribution in [3.63, 3.8) is 0 Å². The molecular weight excluding hydrogens is 206 g/mol. The Morgan fingerprint density at radius 2 is 2.38 bits per heavy atom. The van der Waals surface area contributed by atoms with Crippen LogP contribution in [0.2, 0.25) is 0 Å². The van der Waals surface area contributed by atoms with Crippen molar-refractivity contribution in [3.05, 3.63) is 11.6 Å². The van der Waals surface area contributed by atoms with Gasteiger partial charge in [0.1, 0.15) is 0 Å². The Hall–Kier alpha value is -0.870. The van der Waals surface area contributed by atoms with E-state index in [0.29, 0.717) is 12.5 Å². The minimum atomic E-state index is -0.869. The molecule has 0 aliphatic carbocycles. The first-order valence-corrected chi connectivity index (χ1v) is 5.74. The van der Waals surface area contributed by atoms with Crippen LogP contribution in [0.5, 0.6) is 0 Å². The Morgan fingerprint density at radius 1 is 1.62 bits per heavy atom. The first-order chi connectivity index (χ1) is 7.58. The van der Waals surface area contributed by atoms with Crippen molar-refractivity contribution in [1.82, 2.24) is 4.90 Å². The molecule has 92 valence electrons. The number of hydrogen-bond donors (Lipinski definition) is 1. The Morgan fingerprint density at radius 3 is 2.94 bits per heavy atom. The van der Waals surface area contributed by atoms with Crippen LogP contribution in [0.1, 0.15) is 19.8 Å². The van der Waals surface area contributed by atoms with E-state index in [1.54, 1.807) is 0 Å². The van der Waals surface area contributed by atoms with Gasteiger partial charge >= 0.3 is 5.97 Å². The molecule has 4 heteroatoms. The lowest BCUT2D eigenvalue weighted by molar-refractivity contribution is -0.131. The number of nitrogens with zero attached hydrogens (tertiary/aromatic N) is 1. The Labute approximate surface area is 96.9 Å². The molecule has 0 aromatic carbocycles. The molecule has 0 aromatic rings. The number of hydrogen-bond acceptors (Lipinski definition) is 3. The maximum absolute atomic E-state index is 10.5. The lowest BCUT2D eigenvalue weighted by Gasteiger charge is -2.27. The summed E-state index contributed by atoms with van der Waals surface area (Å²) in [6, 6.07) is 0. The molecule has 0 saturated carbocycles. The van der Waals surface area contributed by atoms with Gasteiger partial charge in [-0.05, 0) is 32.7 Å². The van der Waals surface area contributed by atoms with Crippen molar-refractivity contribution < 1.29 is 14.6 Å². The second-order valence-corrected chi connectivity index (χ2v) is 4.61. The molecule has 0 amide bonds. The van der Waals surface area contributed by atoms with Gasteiger partial charge in [0.05, 0.1) is 6.61 Å². The standard InChI is InChI=1S/C12H21NO3/c1-10(6-12(14)15)7-13(2)8-11-4-3-5-16-9-11/h6,11H,3-5,7-9H2,1-2H3,(H,14,15). The van der Waals surface area contributed by atoms with Crippen LogP contribution in [0.25, 0.3) is 0 Å². The molecule has 16 heavy (non-hydrogen) atoms. The van der Waals surface area contributed by atoms with Gasteiger partial charge in [0.25, 0.3) is 0 Å². The fourth-order valence-corrected chi connectivity index (χ4v) is 2.14. The van der Waals surface area contributed by atoms with E-state index in [-0.39, 0.29) is 0 Å². The topological polar surface area (TPSA) is 49.8 Å². The molecule has 1 unspecified atom stereocenters. The van der Waals surface area contributed by atoms with Gasteiger partial charge in [-0.3, -0.25) is 0 Å². The smallest absolute Gasteiger partial charge is 0.328 e. The molecule has 1 N–H and O–H groups in total. The Kier molecular flexibility index (Phi) is 5.49. The van der Waals surface area contributed by atoms with Gasteiger partial charge in [-0.1, -0.05) is 5.57 Å². The number of carboxylic acids is 1. The van der Waals surface area contributed by atoms with Gasteiger partial charge in [-0.15, -0.1) is 0 Å². The first-order valence-electron chi connectivity index (χ1n) is 5.74. The van der Waals surface area contributed by atoms with Gasteiger partial charge < -0.3 is 14.7 Å². The number of aliphatic carboxylic acids is 1. The van der Waals surface area contributed by atoms with Crippen molar-refractivity contribution in [3.8, 4) is 0 Å². The number of carbonyl (C=O) groups is 1. The highest BCUT2D eigenvalue weighted by Gasteiger charge is 2.15. The quantitative estimate of drug-likeness (QED) is 0.721. The molecule has 1 saturated heterocycles. The van der Waals surface area contributed by atoms with E-state index < -0.39 is 5.97 Å². The van der Waals surface area contributed by atoms with Crippen molar-refractivity contribution >= 4 is 5.97 Å². The number of likely N-dealkylation sites (N-methyl/N-ethyl adjacent to an activating group) is 1. The van der Waals surface area contributed by atoms with E-state index in [4.69, 9.17) is 9.84 Å². The van der Waals surface area contributed by atoms with Crippen LogP contribution in [0.4, 0.5) is 0 Å². The minimum Gasteiger partial charge on any atom is -0.478 e. The third kappa shape index (κ3) is 5.28. The normalized spacial score (nSPS) is 22.4. The lowest BCUT2D eigenvalue weighted by Crippen LogP contribution is -2.31. The number of ether oxygens (including phenoxy) is 1. The summed E-state index contributed by atoms with van der Waals surface area (Å²) in [6.07, 6.45) is 3.63. The van der Waals surface area contributed by atoms with Crippen LogP contribution in [0.3, 0.4) is 0 Å². The number of rotatable bonds is 5. The zero-order chi connectivity index (χ0) is 12.0. The third-order valence-electron chi connectivity index (χ3n) is 2.71. The molecule has 1 rings (SSSR count). The van der Waals surface area contributed by atoms with Crippen LogP contribution in [-0.2, 0) is 9.53 Å². The summed E-state index contributed by atoms with van der Waals surface area (Å²) in [5.74, 6) is -0.275. The Balaban J connectivity index is 2.28. The predicted molar refractivity (Wildman–Crippen MR) is 62.4 cm³/mol. The predicted octanol–water partition coefficient (Wildman–Crippen LogP) is 1.38. The van der Waals surface area contributed by atoms with E-state index >= 15 is 0 Å². The molecule has 1 aliphatic rings. The van der Waals surface area contributed by atoms with Crippen molar-refractivity contribution in [2.24, 2.45) is 5.92 Å². The fourth-order valence-electron chi connectivity index (χ4n) is 2.14. The Bertz CT molecular complexity index is 257. The zero-order valence-electron chi connectivity index (χ0n) is 10.1. The van der Waals surface area contributed by atoms with Crippen molar-refractivity contribution in [2.45, 2.75) is 19.8 Å². The maximum Gasteiger partial charge on any atom is 0.328 e. The van der Waals surface area contributed by atoms with E-state index in [1.165, 1.54) is 12.5 Å². The summed E-state index contributed by atoms with van der Waals surface area (Å²) < 4.78 is 5.42. The molecule has 1 atom stereocenters. The van der Waals surface area contributed by atoms with Gasteiger partial charge in [0.15, 0.2) is 0 Å². The van der Waals surface area contributed by atoms with Crippen LogP contribution in [-0.4, -0.2) is 49.3 Å². The molecule has 0 radical (unpaired) electrons. The van der Waals surface area contributed by atoms with Gasteiger partial charge in [0, 0.05) is 25.8 Å². The van der Waals surface area contributed by atoms with Crippen molar-refractivity contribution in [1.29, 1.82) is 0 Å². The lowest BCUT2D eigenvalue weighted by atomic mass is 10.0. The zero-order valence-corrected chi connectivity index (χ0v) is 10.1. The summed E-state index contributed by atoms with van der Waals surface area (Å²) in [5, 5.41) is 8.60. The molecule has 0 aromatic heterocycles. The summed E-state index contributed by atoms with van der Waals surface area (Å²) in [5.41, 5.74) is 0.881. The molecule has 0 spiro atoms. The molecule has 4 nitrogen and oxygen atoms in total. The summed E-state index contributed by atoms with van der Waals surface area (Å²) >= 11 is 0. The summed E-state index contributed by atoms with van der Waals surface area (Å²) in [7, 11) is 2.02. The van der Waals surface area contributed by atoms with Crippen molar-refractivity contribution in [2.75, 3.05) is 33.4 Å². The molecule has 1 aliphatic heterocycles. The van der Waals surface area contributed by atoms with Crippen LogP contribution in [0, 0.1) is 5.92 Å². The van der Waals surface area contributed by atoms with E-state index in [1.807, 2.05) is 14.0 Å². The third-order valence-corrected chi connectivity index (χ3v) is 2.71.